The van der Waals surface area contributed by atoms with Gasteiger partial charge in [-0.2, -0.15) is 0 Å². The predicted molar refractivity (Wildman–Crippen MR) is 465 cm³/mol. The molecular formula is C88H104N20O25. The van der Waals surface area contributed by atoms with Gasteiger partial charge < -0.3 is 139 Å². The highest BCUT2D eigenvalue weighted by Crippen LogP contribution is 2.53. The summed E-state index contributed by atoms with van der Waals surface area (Å²) in [4.78, 5) is 237. The van der Waals surface area contributed by atoms with Gasteiger partial charge in [0.25, 0.3) is 5.91 Å². The third-order valence-corrected chi connectivity index (χ3v) is 24.2. The molecular weight excluding hydrogens is 1740 g/mol. The minimum atomic E-state index is -2.16. The van der Waals surface area contributed by atoms with Gasteiger partial charge in [0.05, 0.1) is 80.1 Å². The molecule has 3 saturated heterocycles. The summed E-state index contributed by atoms with van der Waals surface area (Å²) in [7, 11) is 1.29. The van der Waals surface area contributed by atoms with Gasteiger partial charge in [-0.1, -0.05) is 53.7 Å². The van der Waals surface area contributed by atoms with Crippen molar-refractivity contribution in [1.82, 2.24) is 88.0 Å². The van der Waals surface area contributed by atoms with E-state index >= 15 is 14.4 Å². The van der Waals surface area contributed by atoms with Crippen molar-refractivity contribution in [1.29, 1.82) is 0 Å². The van der Waals surface area contributed by atoms with Crippen molar-refractivity contribution in [3.05, 3.63) is 160 Å². The smallest absolute Gasteiger partial charge is 0.305 e. The van der Waals surface area contributed by atoms with E-state index in [1.54, 1.807) is 67.8 Å². The molecule has 2 aliphatic carbocycles. The summed E-state index contributed by atoms with van der Waals surface area (Å²) in [6, 6.07) is 3.02. The number of unbranched alkanes of at least 4 members (excludes halogenated alkanes) is 1. The van der Waals surface area contributed by atoms with Crippen molar-refractivity contribution in [2.45, 2.75) is 201 Å². The van der Waals surface area contributed by atoms with Crippen LogP contribution >= 0.6 is 0 Å². The van der Waals surface area contributed by atoms with Gasteiger partial charge in [-0.3, -0.25) is 71.9 Å². The number of primary amides is 1. The topological polar surface area (TPSA) is 691 Å². The molecule has 13 rings (SSSR count). The van der Waals surface area contributed by atoms with Crippen LogP contribution in [0, 0.1) is 0 Å². The number of rotatable bonds is 41. The number of carbonyl (C=O) groups excluding carboxylic acids is 14. The number of methoxy groups -OCH3 is 1. The van der Waals surface area contributed by atoms with Crippen LogP contribution in [0.3, 0.4) is 0 Å². The number of aromatic nitrogens is 6. The molecule has 0 unspecified atom stereocenters. The number of phenolic OH excluding ortho intramolecular Hbond substituents is 2. The molecule has 4 aromatic carbocycles. The molecule has 8 aromatic rings. The van der Waals surface area contributed by atoms with Crippen LogP contribution in [0.1, 0.15) is 150 Å². The molecule has 15 atom stereocenters. The average molecular weight is 1840 g/mol. The number of fused-ring (bicyclic) bond motifs is 5. The van der Waals surface area contributed by atoms with E-state index in [9.17, 15) is 88.2 Å². The van der Waals surface area contributed by atoms with Crippen LogP contribution in [0.5, 0.6) is 17.2 Å². The number of carboxylic acids is 1. The minimum absolute atomic E-state index is 0.0194. The fourth-order valence-electron chi connectivity index (χ4n) is 17.1. The number of oxime groups is 1. The molecule has 706 valence electrons. The molecule has 0 spiro atoms. The second-order valence-corrected chi connectivity index (χ2v) is 33.3. The number of likely N-dealkylation sites (tertiary alicyclic amines) is 1. The number of carboxylic acid groups (broad SMARTS) is 1. The Bertz CT molecular complexity index is 5770. The molecule has 3 fully saturated rings. The molecule has 0 bridgehead atoms. The predicted octanol–water partition coefficient (Wildman–Crippen LogP) is -2.77. The standard InChI is InChI=1S/C88H104N20O25/c1-41-74(115)51(89)28-69(132-41)133-64-31-88(129,30-50-71(64)78(119)73-72(76(50)117)75(116)49-14-10-19-63(130-3)70(49)77(73)118)42(2)107-131-38-67(112)93-22-9-8-17-55(87(128)108-23-11-18-62(108)86(127)96-36-65(90)110)100-80(121)56(24-43-32-94-52-15-6-4-12-47(43)52)102-84(125)60(29-68(113)114)105-83(124)59(27-46-35-92-40-98-46)104-85(126)61(37-109)106-81(122)57(25-44-33-95-53-16-7-5-13-48(44)53)101-82(123)58(26-45-34-91-39-97-45)103-79(120)54-20-21-66(111)99-54/h4-7,10,12-16,19,32-35,39-41,51,54-62,64,69,74,94-95,109,115,117,119,129H,8-9,11,17-18,20-31,36-38,89H2,1-3H3,(H2,90,110)(H,91,97)(H,92,98)(H,93,112)(H,96,127)(H,99,111)(H,100,121)(H,101,123)(H,102,125)(H,103,120)(H,104,126)(H,105,124)(H,106,122)(H,113,114)/b107-42+/t41-,51-,54-,55-,56-,57-,58-,59-,60-,61-,62-,64-,69-,74+,88-/m0/s1. The molecule has 4 aromatic heterocycles. The maximum absolute atomic E-state index is 15.3. The summed E-state index contributed by atoms with van der Waals surface area (Å²) in [6.45, 7) is 0.254. The Morgan fingerprint density at radius 1 is 0.677 bits per heavy atom. The van der Waals surface area contributed by atoms with E-state index in [4.69, 9.17) is 30.5 Å². The Morgan fingerprint density at radius 2 is 1.25 bits per heavy atom. The monoisotopic (exact) mass is 1840 g/mol. The maximum Gasteiger partial charge on any atom is 0.305 e. The first-order valence-corrected chi connectivity index (χ1v) is 43.1. The van der Waals surface area contributed by atoms with E-state index < -0.39 is 241 Å². The van der Waals surface area contributed by atoms with Gasteiger partial charge in [0.1, 0.15) is 77.2 Å². The number of ether oxygens (including phenoxy) is 3. The fourth-order valence-corrected chi connectivity index (χ4v) is 17.1. The summed E-state index contributed by atoms with van der Waals surface area (Å²) >= 11 is 0. The second kappa shape index (κ2) is 42.6. The largest absolute Gasteiger partial charge is 0.507 e. The quantitative estimate of drug-likeness (QED) is 0.00798. The number of aliphatic hydroxyl groups is 3. The molecule has 133 heavy (non-hydrogen) atoms. The van der Waals surface area contributed by atoms with E-state index in [0.29, 0.717) is 38.6 Å². The Hall–Kier alpha value is -14.5. The number of imidazole rings is 2. The number of hydrogen-bond donors (Lipinski definition) is 22. The number of carbonyl (C=O) groups is 15. The van der Waals surface area contributed by atoms with E-state index in [1.165, 1.54) is 62.2 Å². The van der Waals surface area contributed by atoms with Crippen LogP contribution in [0.4, 0.5) is 0 Å². The number of para-hydroxylation sites is 2. The summed E-state index contributed by atoms with van der Waals surface area (Å²) < 4.78 is 17.7. The van der Waals surface area contributed by atoms with Gasteiger partial charge in [-0.15, -0.1) is 0 Å². The highest BCUT2D eigenvalue weighted by Gasteiger charge is 2.50. The molecule has 3 aliphatic heterocycles. The maximum atomic E-state index is 15.3. The first kappa shape index (κ1) is 96.0. The zero-order valence-electron chi connectivity index (χ0n) is 72.4. The number of nitrogens with one attached hydrogen (secondary N) is 14. The van der Waals surface area contributed by atoms with Gasteiger partial charge in [0, 0.05) is 145 Å². The van der Waals surface area contributed by atoms with Gasteiger partial charge in [-0.25, -0.2) is 9.97 Å². The number of H-pyrrole nitrogens is 4. The number of nitrogens with zero attached hydrogens (tertiary/aromatic N) is 4. The fraction of sp³-hybridized carbons (Fsp3) is 0.432. The van der Waals surface area contributed by atoms with Gasteiger partial charge in [0.2, 0.25) is 70.8 Å². The van der Waals surface area contributed by atoms with Gasteiger partial charge in [-0.05, 0) is 81.7 Å². The van der Waals surface area contributed by atoms with Gasteiger partial charge in [0.15, 0.2) is 18.7 Å². The number of nitrogens with two attached hydrogens (primary N) is 2. The zero-order chi connectivity index (χ0) is 95.2. The van der Waals surface area contributed by atoms with Crippen molar-refractivity contribution < 1.29 is 122 Å². The molecule has 7 heterocycles. The number of ketones is 2. The van der Waals surface area contributed by atoms with Crippen LogP contribution in [-0.4, -0.2) is 284 Å². The Balaban J connectivity index is 0.698. The lowest BCUT2D eigenvalue weighted by molar-refractivity contribution is -0.245. The lowest BCUT2D eigenvalue weighted by atomic mass is 9.72. The number of aromatic amines is 4. The van der Waals surface area contributed by atoms with Crippen LogP contribution in [0.2, 0.25) is 0 Å². The van der Waals surface area contributed by atoms with E-state index in [0.717, 1.165) is 0 Å². The Kier molecular flexibility index (Phi) is 30.7. The lowest BCUT2D eigenvalue weighted by Gasteiger charge is -2.42. The third kappa shape index (κ3) is 22.6. The average Bonchev–Trinajstić information content (AvgIpc) is 1.42. The highest BCUT2D eigenvalue weighted by atomic mass is 16.7. The molecule has 5 aliphatic rings. The minimum Gasteiger partial charge on any atom is -0.507 e. The van der Waals surface area contributed by atoms with E-state index in [2.05, 4.69) is 88.2 Å². The number of hydrogen-bond acceptors (Lipinski definition) is 28. The first-order valence-electron chi connectivity index (χ1n) is 43.1. The van der Waals surface area contributed by atoms with Crippen molar-refractivity contribution in [3.8, 4) is 17.2 Å². The lowest BCUT2D eigenvalue weighted by Crippen LogP contribution is -2.61. The number of benzene rings is 4. The summed E-state index contributed by atoms with van der Waals surface area (Å²) in [5.74, 6) is -15.8. The first-order chi connectivity index (χ1) is 63.7. The summed E-state index contributed by atoms with van der Waals surface area (Å²) in [6.07, 6.45) is 0.684. The molecule has 24 N–H and O–H groups in total. The molecule has 45 nitrogen and oxygen atoms in total. The molecule has 0 saturated carbocycles. The summed E-state index contributed by atoms with van der Waals surface area (Å²) in [5, 5.41) is 99.6. The van der Waals surface area contributed by atoms with Gasteiger partial charge >= 0.3 is 5.97 Å². The number of phenols is 2. The number of aromatic hydroxyl groups is 2. The van der Waals surface area contributed by atoms with Crippen LogP contribution in [-0.2, 0) is 109 Å². The van der Waals surface area contributed by atoms with Crippen molar-refractivity contribution in [2.24, 2.45) is 16.6 Å². The van der Waals surface area contributed by atoms with Crippen LogP contribution < -0.4 is 69.4 Å². The van der Waals surface area contributed by atoms with Crippen LogP contribution in [0.25, 0.3) is 21.8 Å². The SMILES string of the molecule is COc1cccc2c1C(=O)c1c(O)c3c(c(O)c1C2=O)C[C@@](O)(/C(C)=N/OCC(=O)NCCCC[C@H](NC(=O)[C@H](Cc1c[nH]c2ccccc12)NC(=O)[C@H](CC(=O)O)NC(=O)[C@H](Cc1cnc[nH]1)NC(=O)[C@H](CO)NC(=O)[C@H](Cc1c[nH]c2ccccc12)NC(=O)[C@H](Cc1cnc[nH]1)NC(=O)[C@@H]1CCC(=O)N1)C(=O)N1CCC[C@H]1C(=O)NCC(N)=O)C[C@@H]3O[C@H]1C[C@H](N)[C@H](O)[C@H](C)O1. The van der Waals surface area contributed by atoms with Crippen molar-refractivity contribution >= 4 is 116 Å². The second-order valence-electron chi connectivity index (χ2n) is 33.3. The zero-order valence-corrected chi connectivity index (χ0v) is 72.4. The highest BCUT2D eigenvalue weighted by molar-refractivity contribution is 6.31. The van der Waals surface area contributed by atoms with E-state index in [-0.39, 0.29) is 129 Å². The third-order valence-electron chi connectivity index (χ3n) is 24.2. The normalized spacial score (nSPS) is 20.8. The molecule has 45 heteroatoms. The van der Waals surface area contributed by atoms with Crippen molar-refractivity contribution in [3.63, 3.8) is 0 Å². The molecule has 12 amide bonds. The number of aliphatic carboxylic acids is 1. The number of aliphatic hydroxyl groups excluding tert-OH is 2. The van der Waals surface area contributed by atoms with Crippen LogP contribution in [0.15, 0.2) is 109 Å². The molecule has 0 radical (unpaired) electrons. The van der Waals surface area contributed by atoms with Crippen molar-refractivity contribution in [2.75, 3.05) is 40.0 Å². The van der Waals surface area contributed by atoms with E-state index in [1.807, 2.05) is 0 Å². The Labute approximate surface area is 756 Å². The summed E-state index contributed by atoms with van der Waals surface area (Å²) in [5.41, 5.74) is 10.2. The number of amides is 12. The Morgan fingerprint density at radius 3 is 1.82 bits per heavy atom.